The normalized spacial score (nSPS) is 11.9. The van der Waals surface area contributed by atoms with Crippen molar-refractivity contribution in [1.82, 2.24) is 5.32 Å². The number of hydrogen-bond donors (Lipinski definition) is 2. The van der Waals surface area contributed by atoms with Gasteiger partial charge in [0.05, 0.1) is 22.8 Å². The van der Waals surface area contributed by atoms with Crippen LogP contribution in [0.1, 0.15) is 6.92 Å². The van der Waals surface area contributed by atoms with Gasteiger partial charge in [-0.3, -0.25) is 9.00 Å². The molecule has 0 aliphatic rings. The summed E-state index contributed by atoms with van der Waals surface area (Å²) in [6.45, 7) is 2.32. The molecular formula is C11H16N2O3S. The molecule has 0 saturated carbocycles. The first kappa shape index (κ1) is 13.5. The molecule has 0 heterocycles. The number of carbonyl (C=O) groups excluding carboxylic acids is 1. The fourth-order valence-electron chi connectivity index (χ4n) is 1.28. The Morgan fingerprint density at radius 3 is 2.82 bits per heavy atom. The molecule has 1 rings (SSSR count). The number of nitrogens with two attached hydrogens (primary N) is 1. The number of methoxy groups -OCH3 is 1. The Morgan fingerprint density at radius 1 is 1.53 bits per heavy atom. The summed E-state index contributed by atoms with van der Waals surface area (Å²) in [5.74, 6) is 0.220. The van der Waals surface area contributed by atoms with Gasteiger partial charge in [-0.1, -0.05) is 0 Å². The van der Waals surface area contributed by atoms with Crippen LogP contribution in [-0.2, 0) is 15.6 Å². The number of hydrogen-bond acceptors (Lipinski definition) is 4. The molecule has 0 saturated heterocycles. The summed E-state index contributed by atoms with van der Waals surface area (Å²) in [6, 6.07) is 4.89. The van der Waals surface area contributed by atoms with Crippen LogP contribution in [0.25, 0.3) is 0 Å². The van der Waals surface area contributed by atoms with E-state index in [-0.39, 0.29) is 11.7 Å². The highest BCUT2D eigenvalue weighted by Gasteiger charge is 2.13. The van der Waals surface area contributed by atoms with Crippen LogP contribution in [0.3, 0.4) is 0 Å². The van der Waals surface area contributed by atoms with Gasteiger partial charge in [-0.15, -0.1) is 0 Å². The number of rotatable bonds is 5. The molecule has 0 fully saturated rings. The Morgan fingerprint density at radius 2 is 2.24 bits per heavy atom. The summed E-state index contributed by atoms with van der Waals surface area (Å²) in [6.07, 6.45) is 0. The van der Waals surface area contributed by atoms with Gasteiger partial charge in [0.15, 0.2) is 0 Å². The lowest BCUT2D eigenvalue weighted by Gasteiger charge is -2.08. The van der Waals surface area contributed by atoms with Gasteiger partial charge in [0.2, 0.25) is 5.91 Å². The van der Waals surface area contributed by atoms with E-state index in [1.54, 1.807) is 25.1 Å². The Labute approximate surface area is 103 Å². The molecular weight excluding hydrogens is 240 g/mol. The second-order valence-electron chi connectivity index (χ2n) is 3.35. The molecule has 0 radical (unpaired) electrons. The van der Waals surface area contributed by atoms with Crippen molar-refractivity contribution in [3.63, 3.8) is 0 Å². The smallest absolute Gasteiger partial charge is 0.232 e. The monoisotopic (exact) mass is 256 g/mol. The van der Waals surface area contributed by atoms with Crippen molar-refractivity contribution >= 4 is 22.4 Å². The van der Waals surface area contributed by atoms with Crippen LogP contribution in [0.5, 0.6) is 5.75 Å². The SMILES string of the molecule is CCNC(=O)CS(=O)c1cc(OC)ccc1N. The first-order valence-electron chi connectivity index (χ1n) is 5.17. The Hall–Kier alpha value is -1.56. The molecule has 1 unspecified atom stereocenters. The van der Waals surface area contributed by atoms with E-state index in [0.29, 0.717) is 22.9 Å². The number of carbonyl (C=O) groups is 1. The van der Waals surface area contributed by atoms with E-state index in [2.05, 4.69) is 5.32 Å². The highest BCUT2D eigenvalue weighted by atomic mass is 32.2. The number of anilines is 1. The molecule has 1 amide bonds. The molecule has 94 valence electrons. The van der Waals surface area contributed by atoms with Crippen LogP contribution >= 0.6 is 0 Å². The third-order valence-electron chi connectivity index (χ3n) is 2.10. The molecule has 1 aromatic carbocycles. The third-order valence-corrected chi connectivity index (χ3v) is 3.47. The number of amides is 1. The molecule has 0 bridgehead atoms. The largest absolute Gasteiger partial charge is 0.497 e. The van der Waals surface area contributed by atoms with Gasteiger partial charge >= 0.3 is 0 Å². The molecule has 3 N–H and O–H groups in total. The molecule has 1 aromatic rings. The average molecular weight is 256 g/mol. The van der Waals surface area contributed by atoms with Crippen molar-refractivity contribution in [2.45, 2.75) is 11.8 Å². The summed E-state index contributed by atoms with van der Waals surface area (Å²) in [7, 11) is 0.0604. The fourth-order valence-corrected chi connectivity index (χ4v) is 2.36. The van der Waals surface area contributed by atoms with Crippen molar-refractivity contribution < 1.29 is 13.7 Å². The van der Waals surface area contributed by atoms with Crippen molar-refractivity contribution in [1.29, 1.82) is 0 Å². The molecule has 0 spiro atoms. The second kappa shape index (κ2) is 6.24. The fraction of sp³-hybridized carbons (Fsp3) is 0.364. The molecule has 1 atom stereocenters. The zero-order valence-electron chi connectivity index (χ0n) is 9.86. The molecule has 0 aliphatic carbocycles. The predicted octanol–water partition coefficient (Wildman–Crippen LogP) is 0.521. The van der Waals surface area contributed by atoms with Gasteiger partial charge in [-0.2, -0.15) is 0 Å². The zero-order chi connectivity index (χ0) is 12.8. The van der Waals surface area contributed by atoms with E-state index in [0.717, 1.165) is 0 Å². The van der Waals surface area contributed by atoms with Gasteiger partial charge in [0.25, 0.3) is 0 Å². The van der Waals surface area contributed by atoms with Crippen LogP contribution in [0.4, 0.5) is 5.69 Å². The maximum absolute atomic E-state index is 11.9. The lowest BCUT2D eigenvalue weighted by molar-refractivity contribution is -0.118. The van der Waals surface area contributed by atoms with Crippen molar-refractivity contribution in [3.05, 3.63) is 18.2 Å². The molecule has 17 heavy (non-hydrogen) atoms. The highest BCUT2D eigenvalue weighted by molar-refractivity contribution is 7.86. The van der Waals surface area contributed by atoms with Crippen molar-refractivity contribution in [2.24, 2.45) is 0 Å². The first-order chi connectivity index (χ1) is 8.08. The first-order valence-corrected chi connectivity index (χ1v) is 6.49. The summed E-state index contributed by atoms with van der Waals surface area (Å²) in [4.78, 5) is 11.7. The Balaban J connectivity index is 2.84. The van der Waals surface area contributed by atoms with E-state index >= 15 is 0 Å². The highest BCUT2D eigenvalue weighted by Crippen LogP contribution is 2.22. The Kier molecular flexibility index (Phi) is 4.96. The average Bonchev–Trinajstić information content (AvgIpc) is 2.29. The quantitative estimate of drug-likeness (QED) is 0.753. The number of benzene rings is 1. The van der Waals surface area contributed by atoms with E-state index < -0.39 is 10.8 Å². The van der Waals surface area contributed by atoms with Gasteiger partial charge in [0.1, 0.15) is 11.5 Å². The van der Waals surface area contributed by atoms with Crippen LogP contribution in [0, 0.1) is 0 Å². The summed E-state index contributed by atoms with van der Waals surface area (Å²) < 4.78 is 17.0. The topological polar surface area (TPSA) is 81.4 Å². The van der Waals surface area contributed by atoms with Gasteiger partial charge in [-0.25, -0.2) is 0 Å². The van der Waals surface area contributed by atoms with Crippen LogP contribution in [0.2, 0.25) is 0 Å². The number of nitrogen functional groups attached to an aromatic ring is 1. The summed E-state index contributed by atoms with van der Waals surface area (Å²) >= 11 is 0. The second-order valence-corrected chi connectivity index (χ2v) is 4.77. The summed E-state index contributed by atoms with van der Waals surface area (Å²) in [5.41, 5.74) is 6.11. The van der Waals surface area contributed by atoms with Gasteiger partial charge in [-0.05, 0) is 25.1 Å². The standard InChI is InChI=1S/C11H16N2O3S/c1-3-13-11(14)7-17(15)10-6-8(16-2)4-5-9(10)12/h4-6H,3,7,12H2,1-2H3,(H,13,14). The molecule has 0 aliphatic heterocycles. The Bertz CT molecular complexity index is 435. The lowest BCUT2D eigenvalue weighted by Crippen LogP contribution is -2.28. The minimum atomic E-state index is -1.46. The van der Waals surface area contributed by atoms with Crippen molar-refractivity contribution in [3.8, 4) is 5.75 Å². The van der Waals surface area contributed by atoms with Crippen LogP contribution in [-0.4, -0.2) is 29.5 Å². The van der Waals surface area contributed by atoms with E-state index in [1.165, 1.54) is 7.11 Å². The summed E-state index contributed by atoms with van der Waals surface area (Å²) in [5, 5.41) is 2.59. The van der Waals surface area contributed by atoms with Crippen LogP contribution < -0.4 is 15.8 Å². The maximum Gasteiger partial charge on any atom is 0.232 e. The third kappa shape index (κ3) is 3.74. The van der Waals surface area contributed by atoms with Crippen molar-refractivity contribution in [2.75, 3.05) is 25.1 Å². The van der Waals surface area contributed by atoms with E-state index in [9.17, 15) is 9.00 Å². The van der Waals surface area contributed by atoms with Gasteiger partial charge in [0, 0.05) is 12.2 Å². The number of nitrogens with one attached hydrogen (secondary N) is 1. The van der Waals surface area contributed by atoms with E-state index in [4.69, 9.17) is 10.5 Å². The molecule has 5 nitrogen and oxygen atoms in total. The lowest BCUT2D eigenvalue weighted by atomic mass is 10.3. The zero-order valence-corrected chi connectivity index (χ0v) is 10.7. The minimum absolute atomic E-state index is 0.0921. The molecule has 6 heteroatoms. The van der Waals surface area contributed by atoms with E-state index in [1.807, 2.05) is 0 Å². The minimum Gasteiger partial charge on any atom is -0.497 e. The number of ether oxygens (including phenoxy) is 1. The predicted molar refractivity (Wildman–Crippen MR) is 67.4 cm³/mol. The maximum atomic E-state index is 11.9. The molecule has 0 aromatic heterocycles. The van der Waals surface area contributed by atoms with Gasteiger partial charge < -0.3 is 15.8 Å². The van der Waals surface area contributed by atoms with Crippen LogP contribution in [0.15, 0.2) is 23.1 Å².